The van der Waals surface area contributed by atoms with Crippen molar-refractivity contribution in [3.63, 3.8) is 0 Å². The predicted molar refractivity (Wildman–Crippen MR) is 99.6 cm³/mol. The Bertz CT molecular complexity index is 606. The number of carbonyl (C=O) groups excluding carboxylic acids is 1. The molecule has 3 rings (SSSR count). The molecule has 1 N–H and O–H groups in total. The van der Waals surface area contributed by atoms with Crippen molar-refractivity contribution in [2.45, 2.75) is 44.7 Å². The van der Waals surface area contributed by atoms with Gasteiger partial charge in [-0.3, -0.25) is 9.69 Å². The number of carbonyl (C=O) groups is 1. The number of likely N-dealkylation sites (N-methyl/N-ethyl adjacent to an activating group) is 2. The molecule has 0 spiro atoms. The van der Waals surface area contributed by atoms with Gasteiger partial charge in [0.2, 0.25) is 0 Å². The normalized spacial score (nSPS) is 26.3. The quantitative estimate of drug-likeness (QED) is 0.841. The summed E-state index contributed by atoms with van der Waals surface area (Å²) in [6.45, 7) is 5.62. The molecule has 1 amide bonds. The zero-order valence-electron chi connectivity index (χ0n) is 14.6. The van der Waals surface area contributed by atoms with Gasteiger partial charge in [-0.25, -0.2) is 0 Å². The van der Waals surface area contributed by atoms with Crippen LogP contribution in [0.5, 0.6) is 0 Å². The fraction of sp³-hybridized carbons (Fsp3) is 0.611. The second-order valence-corrected chi connectivity index (χ2v) is 8.05. The van der Waals surface area contributed by atoms with Crippen molar-refractivity contribution in [2.75, 3.05) is 36.6 Å². The van der Waals surface area contributed by atoms with E-state index in [1.54, 1.807) is 0 Å². The van der Waals surface area contributed by atoms with Crippen molar-refractivity contribution in [3.05, 3.63) is 23.8 Å². The topological polar surface area (TPSA) is 35.6 Å². The number of fused-ring (bicyclic) bond motifs is 3. The molecule has 2 aliphatic rings. The summed E-state index contributed by atoms with van der Waals surface area (Å²) in [5.74, 6) is 0.889. The van der Waals surface area contributed by atoms with Crippen LogP contribution in [0, 0.1) is 0 Å². The summed E-state index contributed by atoms with van der Waals surface area (Å²) in [4.78, 5) is 16.9. The molecule has 126 valence electrons. The van der Waals surface area contributed by atoms with Crippen LogP contribution in [-0.4, -0.2) is 42.7 Å². The monoisotopic (exact) mass is 333 g/mol. The summed E-state index contributed by atoms with van der Waals surface area (Å²) in [7, 11) is 4.38. The van der Waals surface area contributed by atoms with E-state index in [4.69, 9.17) is 0 Å². The Hall–Kier alpha value is -1.20. The Labute approximate surface area is 143 Å². The summed E-state index contributed by atoms with van der Waals surface area (Å²) >= 11 is 1.38. The Morgan fingerprint density at radius 3 is 2.96 bits per heavy atom. The third-order valence-corrected chi connectivity index (χ3v) is 6.16. The molecule has 1 aromatic carbocycles. The molecule has 0 bridgehead atoms. The Balaban J connectivity index is 1.78. The molecule has 0 radical (unpaired) electrons. The lowest BCUT2D eigenvalue weighted by Crippen LogP contribution is -2.45. The predicted octanol–water partition coefficient (Wildman–Crippen LogP) is 4.12. The van der Waals surface area contributed by atoms with E-state index < -0.39 is 0 Å². The molecule has 5 heteroatoms. The molecule has 2 atom stereocenters. The van der Waals surface area contributed by atoms with Crippen LogP contribution < -0.4 is 10.2 Å². The Morgan fingerprint density at radius 2 is 2.22 bits per heavy atom. The number of nitrogens with one attached hydrogen (secondary N) is 1. The second kappa shape index (κ2) is 6.36. The minimum Gasteiger partial charge on any atom is -0.358 e. The van der Waals surface area contributed by atoms with Gasteiger partial charge in [-0.15, -0.1) is 0 Å². The van der Waals surface area contributed by atoms with E-state index in [9.17, 15) is 4.79 Å². The standard InChI is InChI=1S/C18H27N3OS/c1-5-6-11-23-17(22)19-13-7-8-15-14(12-13)18(2)9-10-20(3)16(18)21(15)4/h7-8,12,16H,5-6,9-11H2,1-4H3,(H,19,22). The van der Waals surface area contributed by atoms with Crippen LogP contribution in [0.4, 0.5) is 16.2 Å². The second-order valence-electron chi connectivity index (χ2n) is 6.98. The van der Waals surface area contributed by atoms with Gasteiger partial charge in [-0.05, 0) is 43.7 Å². The molecule has 0 aliphatic carbocycles. The highest BCUT2D eigenvalue weighted by atomic mass is 32.2. The number of anilines is 2. The van der Waals surface area contributed by atoms with Gasteiger partial charge in [0.25, 0.3) is 5.24 Å². The fourth-order valence-corrected chi connectivity index (χ4v) is 4.93. The summed E-state index contributed by atoms with van der Waals surface area (Å²) in [5, 5.41) is 3.10. The van der Waals surface area contributed by atoms with Crippen LogP contribution in [0.1, 0.15) is 38.7 Å². The zero-order chi connectivity index (χ0) is 16.6. The summed E-state index contributed by atoms with van der Waals surface area (Å²) in [6.07, 6.45) is 3.79. The molecule has 2 aliphatic heterocycles. The largest absolute Gasteiger partial charge is 0.358 e. The van der Waals surface area contributed by atoms with Crippen molar-refractivity contribution < 1.29 is 4.79 Å². The van der Waals surface area contributed by atoms with E-state index in [-0.39, 0.29) is 10.7 Å². The third kappa shape index (κ3) is 2.85. The number of unbranched alkanes of at least 4 members (excludes halogenated alkanes) is 1. The molecule has 1 fully saturated rings. The first kappa shape index (κ1) is 16.7. The summed E-state index contributed by atoms with van der Waals surface area (Å²) in [6, 6.07) is 6.36. The number of amides is 1. The highest BCUT2D eigenvalue weighted by Gasteiger charge is 2.52. The fourth-order valence-electron chi connectivity index (χ4n) is 4.12. The first-order chi connectivity index (χ1) is 11.0. The number of benzene rings is 1. The zero-order valence-corrected chi connectivity index (χ0v) is 15.4. The van der Waals surface area contributed by atoms with Crippen molar-refractivity contribution in [3.8, 4) is 0 Å². The molecule has 2 unspecified atom stereocenters. The van der Waals surface area contributed by atoms with Crippen molar-refractivity contribution in [1.82, 2.24) is 4.90 Å². The van der Waals surface area contributed by atoms with Gasteiger partial charge >= 0.3 is 0 Å². The minimum atomic E-state index is 0.0509. The van der Waals surface area contributed by atoms with Crippen LogP contribution in [0.2, 0.25) is 0 Å². The van der Waals surface area contributed by atoms with Gasteiger partial charge in [0.05, 0.1) is 6.17 Å². The lowest BCUT2D eigenvalue weighted by molar-refractivity contribution is 0.268. The molecule has 1 saturated heterocycles. The van der Waals surface area contributed by atoms with Gasteiger partial charge in [0.1, 0.15) is 0 Å². The smallest absolute Gasteiger partial charge is 0.283 e. The van der Waals surface area contributed by atoms with Gasteiger partial charge in [-0.1, -0.05) is 32.0 Å². The SMILES string of the molecule is CCCCSC(=O)Nc1ccc2c(c1)C1(C)CCN(C)C1N2C. The van der Waals surface area contributed by atoms with Gasteiger partial charge < -0.3 is 10.2 Å². The molecule has 0 aromatic heterocycles. The van der Waals surface area contributed by atoms with E-state index in [0.29, 0.717) is 6.17 Å². The highest BCUT2D eigenvalue weighted by molar-refractivity contribution is 8.13. The lowest BCUT2D eigenvalue weighted by Gasteiger charge is -2.32. The number of thioether (sulfide) groups is 1. The van der Waals surface area contributed by atoms with Gasteiger partial charge in [0.15, 0.2) is 0 Å². The average molecular weight is 334 g/mol. The van der Waals surface area contributed by atoms with Crippen molar-refractivity contribution in [2.24, 2.45) is 0 Å². The van der Waals surface area contributed by atoms with Crippen LogP contribution >= 0.6 is 11.8 Å². The lowest BCUT2D eigenvalue weighted by atomic mass is 9.81. The van der Waals surface area contributed by atoms with Gasteiger partial charge in [0, 0.05) is 36.1 Å². The van der Waals surface area contributed by atoms with E-state index in [2.05, 4.69) is 55.2 Å². The number of hydrogen-bond acceptors (Lipinski definition) is 4. The van der Waals surface area contributed by atoms with Crippen LogP contribution in [-0.2, 0) is 5.41 Å². The van der Waals surface area contributed by atoms with E-state index in [0.717, 1.165) is 37.2 Å². The molecular weight excluding hydrogens is 306 g/mol. The Kier molecular flexibility index (Phi) is 4.61. The maximum Gasteiger partial charge on any atom is 0.283 e. The molecule has 4 nitrogen and oxygen atoms in total. The number of nitrogens with zero attached hydrogens (tertiary/aromatic N) is 2. The number of rotatable bonds is 4. The minimum absolute atomic E-state index is 0.0509. The molecular formula is C18H27N3OS. The Morgan fingerprint density at radius 1 is 1.43 bits per heavy atom. The van der Waals surface area contributed by atoms with E-state index >= 15 is 0 Å². The van der Waals surface area contributed by atoms with Crippen molar-refractivity contribution >= 4 is 28.4 Å². The third-order valence-electron chi connectivity index (χ3n) is 5.31. The highest BCUT2D eigenvalue weighted by Crippen LogP contribution is 2.51. The number of hydrogen-bond donors (Lipinski definition) is 1. The maximum absolute atomic E-state index is 12.0. The van der Waals surface area contributed by atoms with Gasteiger partial charge in [-0.2, -0.15) is 0 Å². The van der Waals surface area contributed by atoms with E-state index in [1.807, 2.05) is 6.07 Å². The number of likely N-dealkylation sites (tertiary alicyclic amines) is 1. The van der Waals surface area contributed by atoms with Crippen LogP contribution in [0.25, 0.3) is 0 Å². The van der Waals surface area contributed by atoms with Crippen molar-refractivity contribution in [1.29, 1.82) is 0 Å². The first-order valence-electron chi connectivity index (χ1n) is 8.48. The molecule has 2 heterocycles. The summed E-state index contributed by atoms with van der Waals surface area (Å²) < 4.78 is 0. The maximum atomic E-state index is 12.0. The first-order valence-corrected chi connectivity index (χ1v) is 9.47. The van der Waals surface area contributed by atoms with Crippen LogP contribution in [0.3, 0.4) is 0 Å². The molecule has 1 aromatic rings. The summed E-state index contributed by atoms with van der Waals surface area (Å²) in [5.41, 5.74) is 3.73. The average Bonchev–Trinajstić information content (AvgIpc) is 2.93. The molecule has 0 saturated carbocycles. The van der Waals surface area contributed by atoms with Crippen LogP contribution in [0.15, 0.2) is 18.2 Å². The molecule has 23 heavy (non-hydrogen) atoms. The van der Waals surface area contributed by atoms with E-state index in [1.165, 1.54) is 23.0 Å².